The van der Waals surface area contributed by atoms with Crippen LogP contribution in [0.5, 0.6) is 0 Å². The number of amides is 2. The Morgan fingerprint density at radius 1 is 1.18 bits per heavy atom. The topological polar surface area (TPSA) is 84.2 Å². The van der Waals surface area contributed by atoms with Crippen molar-refractivity contribution in [2.75, 3.05) is 11.9 Å². The Balaban J connectivity index is 1.69. The summed E-state index contributed by atoms with van der Waals surface area (Å²) < 4.78 is 13.2. The van der Waals surface area contributed by atoms with E-state index in [1.54, 1.807) is 12.1 Å². The molecule has 0 saturated heterocycles. The van der Waals surface area contributed by atoms with Crippen LogP contribution in [0.2, 0.25) is 0 Å². The van der Waals surface area contributed by atoms with Crippen molar-refractivity contribution in [3.05, 3.63) is 51.7 Å². The number of primary amides is 1. The summed E-state index contributed by atoms with van der Waals surface area (Å²) in [4.78, 5) is 25.6. The lowest BCUT2D eigenvalue weighted by Crippen LogP contribution is -2.34. The van der Waals surface area contributed by atoms with Crippen molar-refractivity contribution in [2.24, 2.45) is 11.7 Å². The molecule has 5 nitrogen and oxygen atoms in total. The largest absolute Gasteiger partial charge is 0.365 e. The van der Waals surface area contributed by atoms with Crippen LogP contribution in [0, 0.1) is 11.7 Å². The highest BCUT2D eigenvalue weighted by atomic mass is 32.1. The number of carbonyl (C=O) groups excluding carboxylic acids is 2. The van der Waals surface area contributed by atoms with Gasteiger partial charge in [-0.2, -0.15) is 0 Å². The minimum Gasteiger partial charge on any atom is -0.365 e. The van der Waals surface area contributed by atoms with Crippen LogP contribution < -0.4 is 16.4 Å². The maximum Gasteiger partial charge on any atom is 0.251 e. The second-order valence-corrected chi connectivity index (χ2v) is 8.59. The van der Waals surface area contributed by atoms with Gasteiger partial charge in [0.05, 0.1) is 12.1 Å². The Morgan fingerprint density at radius 3 is 2.50 bits per heavy atom. The van der Waals surface area contributed by atoms with E-state index < -0.39 is 5.91 Å². The van der Waals surface area contributed by atoms with Crippen LogP contribution in [0.15, 0.2) is 24.3 Å². The van der Waals surface area contributed by atoms with E-state index in [1.165, 1.54) is 23.5 Å². The van der Waals surface area contributed by atoms with Crippen LogP contribution in [0.25, 0.3) is 0 Å². The molecular weight excluding hydrogens is 377 g/mol. The molecule has 1 heterocycles. The minimum absolute atomic E-state index is 0.0843. The summed E-state index contributed by atoms with van der Waals surface area (Å²) in [6.07, 6.45) is 3.88. The smallest absolute Gasteiger partial charge is 0.251 e. The molecule has 1 aliphatic carbocycles. The standard InChI is InChI=1S/C21H26FN3O2S/c1-12(2)19(13-7-9-14(22)10-8-13)24-11-17(26)25-21-18(20(23)27)15-5-3-4-6-16(15)28-21/h7-10,12,19,24H,3-6,11H2,1-2H3,(H2,23,27)(H,25,26)/t19-/m1/s1. The van der Waals surface area contributed by atoms with Crippen LogP contribution in [0.4, 0.5) is 9.39 Å². The fraction of sp³-hybridized carbons (Fsp3) is 0.429. The molecule has 0 fully saturated rings. The molecule has 4 N–H and O–H groups in total. The van der Waals surface area contributed by atoms with E-state index in [-0.39, 0.29) is 30.2 Å². The molecule has 1 atom stereocenters. The fourth-order valence-electron chi connectivity index (χ4n) is 3.70. The number of nitrogens with two attached hydrogens (primary N) is 1. The molecule has 150 valence electrons. The number of anilines is 1. The van der Waals surface area contributed by atoms with Gasteiger partial charge in [0.15, 0.2) is 0 Å². The molecule has 1 aliphatic rings. The Bertz CT molecular complexity index is 861. The third-order valence-electron chi connectivity index (χ3n) is 5.05. The Kier molecular flexibility index (Phi) is 6.46. The number of benzene rings is 1. The fourth-order valence-corrected chi connectivity index (χ4v) is 5.01. The average Bonchev–Trinajstić information content (AvgIpc) is 3.01. The van der Waals surface area contributed by atoms with Gasteiger partial charge in [0.2, 0.25) is 5.91 Å². The highest BCUT2D eigenvalue weighted by Gasteiger charge is 2.25. The normalized spacial score (nSPS) is 14.6. The van der Waals surface area contributed by atoms with Crippen LogP contribution in [0.3, 0.4) is 0 Å². The van der Waals surface area contributed by atoms with Crippen LogP contribution >= 0.6 is 11.3 Å². The molecule has 7 heteroatoms. The Morgan fingerprint density at radius 2 is 1.86 bits per heavy atom. The molecule has 0 saturated carbocycles. The average molecular weight is 404 g/mol. The lowest BCUT2D eigenvalue weighted by Gasteiger charge is -2.22. The second kappa shape index (κ2) is 8.84. The van der Waals surface area contributed by atoms with Gasteiger partial charge < -0.3 is 16.4 Å². The molecular formula is C21H26FN3O2S. The van der Waals surface area contributed by atoms with Crippen LogP contribution in [0.1, 0.15) is 59.1 Å². The van der Waals surface area contributed by atoms with Gasteiger partial charge in [-0.25, -0.2) is 4.39 Å². The summed E-state index contributed by atoms with van der Waals surface area (Å²) in [7, 11) is 0. The second-order valence-electron chi connectivity index (χ2n) is 7.48. The number of aryl methyl sites for hydroxylation is 1. The molecule has 3 rings (SSSR count). The van der Waals surface area contributed by atoms with Crippen molar-refractivity contribution in [1.29, 1.82) is 0 Å². The third kappa shape index (κ3) is 4.59. The minimum atomic E-state index is -0.492. The number of rotatable bonds is 7. The number of halogens is 1. The van der Waals surface area contributed by atoms with Gasteiger partial charge in [-0.1, -0.05) is 26.0 Å². The van der Waals surface area contributed by atoms with E-state index in [0.717, 1.165) is 41.7 Å². The van der Waals surface area contributed by atoms with Crippen LogP contribution in [-0.2, 0) is 17.6 Å². The molecule has 2 aromatic rings. The van der Waals surface area contributed by atoms with Crippen molar-refractivity contribution >= 4 is 28.2 Å². The quantitative estimate of drug-likeness (QED) is 0.658. The number of thiophene rings is 1. The SMILES string of the molecule is CC(C)[C@@H](NCC(=O)Nc1sc2c(c1C(N)=O)CCCC2)c1ccc(F)cc1. The number of carbonyl (C=O) groups is 2. The molecule has 1 aromatic carbocycles. The van der Waals surface area contributed by atoms with Gasteiger partial charge in [0.25, 0.3) is 5.91 Å². The van der Waals surface area contributed by atoms with E-state index in [1.807, 2.05) is 13.8 Å². The third-order valence-corrected chi connectivity index (χ3v) is 6.26. The van der Waals surface area contributed by atoms with E-state index in [2.05, 4.69) is 10.6 Å². The van der Waals surface area contributed by atoms with E-state index in [0.29, 0.717) is 10.6 Å². The number of nitrogens with one attached hydrogen (secondary N) is 2. The summed E-state index contributed by atoms with van der Waals surface area (Å²) in [5, 5.41) is 6.65. The van der Waals surface area contributed by atoms with Crippen LogP contribution in [-0.4, -0.2) is 18.4 Å². The predicted octanol–water partition coefficient (Wildman–Crippen LogP) is 3.79. The zero-order chi connectivity index (χ0) is 20.3. The number of hydrogen-bond acceptors (Lipinski definition) is 4. The van der Waals surface area contributed by atoms with Gasteiger partial charge in [0.1, 0.15) is 10.8 Å². The monoisotopic (exact) mass is 403 g/mol. The van der Waals surface area contributed by atoms with Crippen molar-refractivity contribution in [1.82, 2.24) is 5.32 Å². The summed E-state index contributed by atoms with van der Waals surface area (Å²) in [5.74, 6) is -0.791. The predicted molar refractivity (Wildman–Crippen MR) is 110 cm³/mol. The van der Waals surface area contributed by atoms with Gasteiger partial charge in [-0.05, 0) is 54.9 Å². The lowest BCUT2D eigenvalue weighted by atomic mass is 9.95. The summed E-state index contributed by atoms with van der Waals surface area (Å²) >= 11 is 1.45. The highest BCUT2D eigenvalue weighted by molar-refractivity contribution is 7.17. The molecule has 1 aromatic heterocycles. The molecule has 0 aliphatic heterocycles. The van der Waals surface area contributed by atoms with E-state index in [4.69, 9.17) is 5.73 Å². The first-order chi connectivity index (χ1) is 13.4. The summed E-state index contributed by atoms with van der Waals surface area (Å²) in [6, 6.07) is 6.20. The summed E-state index contributed by atoms with van der Waals surface area (Å²) in [5.41, 5.74) is 7.97. The van der Waals surface area contributed by atoms with Gasteiger partial charge in [-0.15, -0.1) is 11.3 Å². The Labute approximate surface area is 168 Å². The number of hydrogen-bond donors (Lipinski definition) is 3. The first kappa shape index (κ1) is 20.5. The van der Waals surface area contributed by atoms with E-state index >= 15 is 0 Å². The maximum absolute atomic E-state index is 13.2. The zero-order valence-corrected chi connectivity index (χ0v) is 17.0. The number of fused-ring (bicyclic) bond motifs is 1. The molecule has 0 spiro atoms. The highest BCUT2D eigenvalue weighted by Crippen LogP contribution is 2.37. The lowest BCUT2D eigenvalue weighted by molar-refractivity contribution is -0.115. The first-order valence-corrected chi connectivity index (χ1v) is 10.4. The molecule has 28 heavy (non-hydrogen) atoms. The van der Waals surface area contributed by atoms with Crippen molar-refractivity contribution < 1.29 is 14.0 Å². The van der Waals surface area contributed by atoms with Crippen molar-refractivity contribution in [3.63, 3.8) is 0 Å². The summed E-state index contributed by atoms with van der Waals surface area (Å²) in [6.45, 7) is 4.16. The van der Waals surface area contributed by atoms with Gasteiger partial charge >= 0.3 is 0 Å². The molecule has 0 radical (unpaired) electrons. The molecule has 0 bridgehead atoms. The molecule has 2 amide bonds. The van der Waals surface area contributed by atoms with Crippen molar-refractivity contribution in [2.45, 2.75) is 45.6 Å². The molecule has 0 unspecified atom stereocenters. The van der Waals surface area contributed by atoms with E-state index in [9.17, 15) is 14.0 Å². The van der Waals surface area contributed by atoms with Gasteiger partial charge in [-0.3, -0.25) is 9.59 Å². The maximum atomic E-state index is 13.2. The zero-order valence-electron chi connectivity index (χ0n) is 16.2. The van der Waals surface area contributed by atoms with Crippen molar-refractivity contribution in [3.8, 4) is 0 Å². The Hall–Kier alpha value is -2.25. The van der Waals surface area contributed by atoms with Gasteiger partial charge in [0, 0.05) is 10.9 Å². The first-order valence-electron chi connectivity index (χ1n) is 9.60.